The van der Waals surface area contributed by atoms with Gasteiger partial charge < -0.3 is 14.2 Å². The lowest BCUT2D eigenvalue weighted by atomic mass is 10.2. The fraction of sp³-hybridized carbons (Fsp3) is 0.263. The van der Waals surface area contributed by atoms with Crippen molar-refractivity contribution in [2.24, 2.45) is 0 Å². The van der Waals surface area contributed by atoms with Gasteiger partial charge >= 0.3 is 0 Å². The number of carbonyl (C=O) groups is 2. The van der Waals surface area contributed by atoms with Crippen LogP contribution in [0, 0.1) is 0 Å². The van der Waals surface area contributed by atoms with Crippen LogP contribution in [0.25, 0.3) is 0 Å². The summed E-state index contributed by atoms with van der Waals surface area (Å²) in [4.78, 5) is 24.4. The first kappa shape index (κ1) is 19.3. The molecular formula is C19H22N2O5. The van der Waals surface area contributed by atoms with Gasteiger partial charge in [0, 0.05) is 12.2 Å². The van der Waals surface area contributed by atoms with Gasteiger partial charge in [0.1, 0.15) is 18.1 Å². The first-order valence-electron chi connectivity index (χ1n) is 8.20. The maximum absolute atomic E-state index is 12.3. The molecule has 2 aromatic rings. The lowest BCUT2D eigenvalue weighted by molar-refractivity contribution is 0.0840. The van der Waals surface area contributed by atoms with E-state index in [1.807, 2.05) is 6.92 Å². The minimum Gasteiger partial charge on any atom is -0.497 e. The molecule has 0 saturated heterocycles. The number of methoxy groups -OCH3 is 1. The number of hydrazine groups is 1. The van der Waals surface area contributed by atoms with Crippen LogP contribution in [0.4, 0.5) is 0 Å². The number of carbonyl (C=O) groups excluding carboxylic acids is 2. The van der Waals surface area contributed by atoms with Crippen LogP contribution >= 0.6 is 0 Å². The van der Waals surface area contributed by atoms with E-state index >= 15 is 0 Å². The van der Waals surface area contributed by atoms with Crippen LogP contribution in [-0.4, -0.2) is 38.7 Å². The smallest absolute Gasteiger partial charge is 0.273 e. The van der Waals surface area contributed by atoms with E-state index in [1.165, 1.54) is 0 Å². The molecule has 0 heterocycles. The van der Waals surface area contributed by atoms with Crippen LogP contribution in [0.2, 0.25) is 0 Å². The van der Waals surface area contributed by atoms with Gasteiger partial charge in [0.25, 0.3) is 11.8 Å². The maximum Gasteiger partial charge on any atom is 0.273 e. The van der Waals surface area contributed by atoms with Crippen molar-refractivity contribution < 1.29 is 23.8 Å². The van der Waals surface area contributed by atoms with Crippen molar-refractivity contribution in [1.29, 1.82) is 0 Å². The van der Waals surface area contributed by atoms with Gasteiger partial charge in [0.2, 0.25) is 0 Å². The predicted octanol–water partition coefficient (Wildman–Crippen LogP) is 2.19. The lowest BCUT2D eigenvalue weighted by Gasteiger charge is -2.12. The molecule has 0 aliphatic heterocycles. The summed E-state index contributed by atoms with van der Waals surface area (Å²) in [6.45, 7) is 3.26. The van der Waals surface area contributed by atoms with Crippen molar-refractivity contribution in [3.63, 3.8) is 0 Å². The molecule has 7 heteroatoms. The number of nitrogens with one attached hydrogen (secondary N) is 2. The third-order valence-electron chi connectivity index (χ3n) is 3.46. The molecule has 138 valence electrons. The van der Waals surface area contributed by atoms with Gasteiger partial charge in [-0.2, -0.15) is 0 Å². The average Bonchev–Trinajstić information content (AvgIpc) is 2.69. The summed E-state index contributed by atoms with van der Waals surface area (Å²) in [7, 11) is 1.54. The van der Waals surface area contributed by atoms with Gasteiger partial charge in [-0.05, 0) is 43.3 Å². The number of benzene rings is 2. The standard InChI is InChI=1S/C19H22N2O5/c1-3-25-12-13-26-17-7-5-4-6-16(17)19(23)21-20-18(22)14-8-10-15(24-2)11-9-14/h4-11H,3,12-13H2,1-2H3,(H,20,22)(H,21,23). The first-order chi connectivity index (χ1) is 12.7. The molecule has 0 bridgehead atoms. The van der Waals surface area contributed by atoms with Gasteiger partial charge in [-0.25, -0.2) is 0 Å². The molecule has 0 fully saturated rings. The van der Waals surface area contributed by atoms with Crippen molar-refractivity contribution in [2.45, 2.75) is 6.92 Å². The lowest BCUT2D eigenvalue weighted by Crippen LogP contribution is -2.41. The second kappa shape index (κ2) is 10.0. The zero-order valence-electron chi connectivity index (χ0n) is 14.8. The first-order valence-corrected chi connectivity index (χ1v) is 8.20. The van der Waals surface area contributed by atoms with Crippen molar-refractivity contribution >= 4 is 11.8 Å². The Morgan fingerprint density at radius 1 is 0.923 bits per heavy atom. The molecule has 0 saturated carbocycles. The molecule has 0 aromatic heterocycles. The van der Waals surface area contributed by atoms with Crippen molar-refractivity contribution in [1.82, 2.24) is 10.9 Å². The molecule has 0 radical (unpaired) electrons. The van der Waals surface area contributed by atoms with Crippen molar-refractivity contribution in [3.05, 3.63) is 59.7 Å². The molecule has 2 aromatic carbocycles. The summed E-state index contributed by atoms with van der Waals surface area (Å²) in [6, 6.07) is 13.3. The summed E-state index contributed by atoms with van der Waals surface area (Å²) in [5.41, 5.74) is 5.48. The third kappa shape index (κ3) is 5.49. The van der Waals surface area contributed by atoms with E-state index in [0.717, 1.165) is 0 Å². The second-order valence-corrected chi connectivity index (χ2v) is 5.18. The third-order valence-corrected chi connectivity index (χ3v) is 3.46. The Labute approximate surface area is 152 Å². The average molecular weight is 358 g/mol. The summed E-state index contributed by atoms with van der Waals surface area (Å²) in [6.07, 6.45) is 0. The Kier molecular flexibility index (Phi) is 7.45. The predicted molar refractivity (Wildman–Crippen MR) is 96.4 cm³/mol. The number of hydrogen-bond acceptors (Lipinski definition) is 5. The highest BCUT2D eigenvalue weighted by Gasteiger charge is 2.13. The number of hydrogen-bond donors (Lipinski definition) is 2. The molecule has 0 unspecified atom stereocenters. The van der Waals surface area contributed by atoms with Crippen LogP contribution in [-0.2, 0) is 4.74 Å². The molecule has 7 nitrogen and oxygen atoms in total. The summed E-state index contributed by atoms with van der Waals surface area (Å²) < 4.78 is 15.8. The zero-order chi connectivity index (χ0) is 18.8. The maximum atomic E-state index is 12.3. The Hall–Kier alpha value is -3.06. The molecule has 0 aliphatic carbocycles. The van der Waals surface area contributed by atoms with Crippen LogP contribution in [0.1, 0.15) is 27.6 Å². The van der Waals surface area contributed by atoms with Gasteiger partial charge in [-0.1, -0.05) is 12.1 Å². The monoisotopic (exact) mass is 358 g/mol. The van der Waals surface area contributed by atoms with E-state index in [1.54, 1.807) is 55.6 Å². The van der Waals surface area contributed by atoms with E-state index in [0.29, 0.717) is 42.4 Å². The SMILES string of the molecule is CCOCCOc1ccccc1C(=O)NNC(=O)c1ccc(OC)cc1. The molecular weight excluding hydrogens is 336 g/mol. The number of para-hydroxylation sites is 1. The Morgan fingerprint density at radius 3 is 2.31 bits per heavy atom. The van der Waals surface area contributed by atoms with Crippen molar-refractivity contribution in [2.75, 3.05) is 26.9 Å². The molecule has 2 rings (SSSR count). The normalized spacial score (nSPS) is 10.1. The van der Waals surface area contributed by atoms with E-state index in [9.17, 15) is 9.59 Å². The molecule has 2 amide bonds. The second-order valence-electron chi connectivity index (χ2n) is 5.18. The molecule has 2 N–H and O–H groups in total. The number of rotatable bonds is 8. The Balaban J connectivity index is 1.93. The quantitative estimate of drug-likeness (QED) is 0.558. The molecule has 0 aliphatic rings. The minimum absolute atomic E-state index is 0.319. The topological polar surface area (TPSA) is 85.9 Å². The van der Waals surface area contributed by atoms with Gasteiger partial charge in [-0.15, -0.1) is 0 Å². The Bertz CT molecular complexity index is 731. The van der Waals surface area contributed by atoms with E-state index in [-0.39, 0.29) is 0 Å². The van der Waals surface area contributed by atoms with Crippen molar-refractivity contribution in [3.8, 4) is 11.5 Å². The zero-order valence-corrected chi connectivity index (χ0v) is 14.8. The molecule has 0 spiro atoms. The Morgan fingerprint density at radius 2 is 1.62 bits per heavy atom. The van der Waals surface area contributed by atoms with Gasteiger partial charge in [0.05, 0.1) is 19.3 Å². The fourth-order valence-corrected chi connectivity index (χ4v) is 2.13. The van der Waals surface area contributed by atoms with E-state index in [2.05, 4.69) is 10.9 Å². The summed E-state index contributed by atoms with van der Waals surface area (Å²) in [5.74, 6) is 0.154. The molecule has 0 atom stereocenters. The largest absolute Gasteiger partial charge is 0.497 e. The highest BCUT2D eigenvalue weighted by atomic mass is 16.5. The van der Waals surface area contributed by atoms with Crippen LogP contribution in [0.15, 0.2) is 48.5 Å². The van der Waals surface area contributed by atoms with Crippen LogP contribution in [0.3, 0.4) is 0 Å². The van der Waals surface area contributed by atoms with Crippen LogP contribution in [0.5, 0.6) is 11.5 Å². The highest BCUT2D eigenvalue weighted by Crippen LogP contribution is 2.17. The minimum atomic E-state index is -0.473. The van der Waals surface area contributed by atoms with Crippen LogP contribution < -0.4 is 20.3 Å². The number of amides is 2. The number of ether oxygens (including phenoxy) is 3. The summed E-state index contributed by atoms with van der Waals surface area (Å²) in [5, 5.41) is 0. The fourth-order valence-electron chi connectivity index (χ4n) is 2.13. The van der Waals surface area contributed by atoms with E-state index < -0.39 is 11.8 Å². The summed E-state index contributed by atoms with van der Waals surface area (Å²) >= 11 is 0. The highest BCUT2D eigenvalue weighted by molar-refractivity contribution is 6.00. The molecule has 26 heavy (non-hydrogen) atoms. The van der Waals surface area contributed by atoms with Gasteiger partial charge in [-0.3, -0.25) is 20.4 Å². The van der Waals surface area contributed by atoms with E-state index in [4.69, 9.17) is 14.2 Å². The van der Waals surface area contributed by atoms with Gasteiger partial charge in [0.15, 0.2) is 0 Å².